The molecule has 0 fully saturated rings. The first-order valence-corrected chi connectivity index (χ1v) is 10.8. The van der Waals surface area contributed by atoms with Crippen LogP contribution in [0.3, 0.4) is 0 Å². The molecule has 172 valence electrons. The Labute approximate surface area is 196 Å². The van der Waals surface area contributed by atoms with Crippen molar-refractivity contribution in [1.29, 1.82) is 0 Å². The van der Waals surface area contributed by atoms with Crippen molar-refractivity contribution in [3.05, 3.63) is 113 Å². The molecule has 4 aromatic carbocycles. The molecule has 0 radical (unpaired) electrons. The maximum atomic E-state index is 14.7. The zero-order valence-electron chi connectivity index (χ0n) is 18.7. The fourth-order valence-electron chi connectivity index (χ4n) is 3.63. The number of aryl methyl sites for hydroxylation is 1. The Morgan fingerprint density at radius 2 is 1.18 bits per heavy atom. The van der Waals surface area contributed by atoms with Crippen LogP contribution in [0.4, 0.5) is 17.6 Å². The third-order valence-electron chi connectivity index (χ3n) is 5.50. The first-order valence-electron chi connectivity index (χ1n) is 10.8. The summed E-state index contributed by atoms with van der Waals surface area (Å²) in [6.07, 6.45) is 3.10. The summed E-state index contributed by atoms with van der Waals surface area (Å²) >= 11 is 0. The van der Waals surface area contributed by atoms with Gasteiger partial charge in [0.1, 0.15) is 0 Å². The maximum Gasteiger partial charge on any atom is 0.201 e. The lowest BCUT2D eigenvalue weighted by molar-refractivity contribution is 0.314. The van der Waals surface area contributed by atoms with Gasteiger partial charge in [-0.05, 0) is 42.7 Å². The number of rotatable bonds is 6. The van der Waals surface area contributed by atoms with Crippen LogP contribution in [0.15, 0.2) is 72.8 Å². The van der Waals surface area contributed by atoms with E-state index in [1.54, 1.807) is 55.5 Å². The van der Waals surface area contributed by atoms with E-state index < -0.39 is 23.3 Å². The standard InChI is InChI=1S/C29H22F4O/c1-3-34-25-17-16-24(28(32)29(25)33)21-11-6-19(7-12-21)8-13-22-14-15-23(27(31)26(22)30)20-9-4-18(2)5-10-20/h4-17H,3H2,1-2H3/b13-8+. The quantitative estimate of drug-likeness (QED) is 0.206. The van der Waals surface area contributed by atoms with E-state index in [9.17, 15) is 17.6 Å². The van der Waals surface area contributed by atoms with Crippen LogP contribution in [0.5, 0.6) is 5.75 Å². The van der Waals surface area contributed by atoms with Crippen LogP contribution < -0.4 is 4.74 Å². The predicted molar refractivity (Wildman–Crippen MR) is 128 cm³/mol. The molecule has 0 heterocycles. The minimum atomic E-state index is -1.03. The Balaban J connectivity index is 1.55. The summed E-state index contributed by atoms with van der Waals surface area (Å²) in [6, 6.07) is 19.8. The zero-order valence-corrected chi connectivity index (χ0v) is 18.7. The molecule has 0 saturated heterocycles. The van der Waals surface area contributed by atoms with Crippen molar-refractivity contribution in [2.24, 2.45) is 0 Å². The number of hydrogen-bond donors (Lipinski definition) is 0. The summed E-state index contributed by atoms with van der Waals surface area (Å²) in [6.45, 7) is 3.85. The van der Waals surface area contributed by atoms with Gasteiger partial charge in [0.25, 0.3) is 0 Å². The molecule has 0 unspecified atom stereocenters. The molecular weight excluding hydrogens is 440 g/mol. The van der Waals surface area contributed by atoms with E-state index in [2.05, 4.69) is 0 Å². The highest BCUT2D eigenvalue weighted by molar-refractivity contribution is 5.74. The van der Waals surface area contributed by atoms with Crippen molar-refractivity contribution < 1.29 is 22.3 Å². The minimum Gasteiger partial charge on any atom is -0.491 e. The van der Waals surface area contributed by atoms with Crippen molar-refractivity contribution in [2.45, 2.75) is 13.8 Å². The molecule has 0 bridgehead atoms. The van der Waals surface area contributed by atoms with Gasteiger partial charge in [-0.15, -0.1) is 0 Å². The third-order valence-corrected chi connectivity index (χ3v) is 5.50. The SMILES string of the molecule is CCOc1ccc(-c2ccc(/C=C/c3ccc(-c4ccc(C)cc4)c(F)c3F)cc2)c(F)c1F. The molecule has 4 rings (SSSR count). The van der Waals surface area contributed by atoms with Gasteiger partial charge in [-0.3, -0.25) is 0 Å². The average molecular weight is 462 g/mol. The highest BCUT2D eigenvalue weighted by atomic mass is 19.2. The Morgan fingerprint density at radius 1 is 0.618 bits per heavy atom. The van der Waals surface area contributed by atoms with Crippen LogP contribution >= 0.6 is 0 Å². The van der Waals surface area contributed by atoms with Gasteiger partial charge in [-0.25, -0.2) is 13.2 Å². The van der Waals surface area contributed by atoms with Gasteiger partial charge in [-0.2, -0.15) is 4.39 Å². The third kappa shape index (κ3) is 4.74. The number of benzene rings is 4. The van der Waals surface area contributed by atoms with E-state index in [1.807, 2.05) is 19.1 Å². The lowest BCUT2D eigenvalue weighted by Gasteiger charge is -2.09. The van der Waals surface area contributed by atoms with Gasteiger partial charge in [0, 0.05) is 16.7 Å². The second-order valence-corrected chi connectivity index (χ2v) is 7.82. The van der Waals surface area contributed by atoms with Crippen molar-refractivity contribution in [1.82, 2.24) is 0 Å². The molecule has 0 amide bonds. The van der Waals surface area contributed by atoms with E-state index in [0.29, 0.717) is 16.7 Å². The van der Waals surface area contributed by atoms with Crippen LogP contribution in [0, 0.1) is 30.2 Å². The summed E-state index contributed by atoms with van der Waals surface area (Å²) < 4.78 is 63.0. The number of halogens is 4. The molecule has 5 heteroatoms. The summed E-state index contributed by atoms with van der Waals surface area (Å²) in [4.78, 5) is 0. The van der Waals surface area contributed by atoms with Crippen molar-refractivity contribution in [2.75, 3.05) is 6.61 Å². The van der Waals surface area contributed by atoms with E-state index in [4.69, 9.17) is 4.74 Å². The number of hydrogen-bond acceptors (Lipinski definition) is 1. The Bertz CT molecular complexity index is 1340. The van der Waals surface area contributed by atoms with E-state index in [-0.39, 0.29) is 29.0 Å². The van der Waals surface area contributed by atoms with Gasteiger partial charge < -0.3 is 4.74 Å². The van der Waals surface area contributed by atoms with E-state index in [1.165, 1.54) is 24.3 Å². The second-order valence-electron chi connectivity index (χ2n) is 7.82. The molecule has 34 heavy (non-hydrogen) atoms. The molecule has 0 atom stereocenters. The van der Waals surface area contributed by atoms with Crippen LogP contribution in [0.2, 0.25) is 0 Å². The smallest absolute Gasteiger partial charge is 0.201 e. The molecule has 0 saturated carbocycles. The monoisotopic (exact) mass is 462 g/mol. The summed E-state index contributed by atoms with van der Waals surface area (Å²) in [5, 5.41) is 0. The molecule has 0 aromatic heterocycles. The fraction of sp³-hybridized carbons (Fsp3) is 0.103. The Kier molecular flexibility index (Phi) is 6.82. The maximum absolute atomic E-state index is 14.7. The van der Waals surface area contributed by atoms with Gasteiger partial charge in [0.15, 0.2) is 23.2 Å². The predicted octanol–water partition coefficient (Wildman–Crippen LogP) is 8.45. The molecule has 0 aliphatic heterocycles. The summed E-state index contributed by atoms with van der Waals surface area (Å²) in [5.41, 5.74) is 3.22. The normalized spacial score (nSPS) is 11.2. The van der Waals surface area contributed by atoms with Crippen molar-refractivity contribution >= 4 is 12.2 Å². The molecule has 0 aliphatic rings. The Morgan fingerprint density at radius 3 is 1.79 bits per heavy atom. The highest BCUT2D eigenvalue weighted by Gasteiger charge is 2.16. The van der Waals surface area contributed by atoms with E-state index >= 15 is 0 Å². The lowest BCUT2D eigenvalue weighted by Crippen LogP contribution is -1.98. The molecule has 0 aliphatic carbocycles. The largest absolute Gasteiger partial charge is 0.491 e. The van der Waals surface area contributed by atoms with Gasteiger partial charge in [0.2, 0.25) is 5.82 Å². The molecule has 4 aromatic rings. The zero-order chi connectivity index (χ0) is 24.2. The van der Waals surface area contributed by atoms with Gasteiger partial charge in [0.05, 0.1) is 6.61 Å². The molecule has 1 nitrogen and oxygen atoms in total. The summed E-state index contributed by atoms with van der Waals surface area (Å²) in [5.74, 6) is -3.99. The lowest BCUT2D eigenvalue weighted by atomic mass is 10.0. The highest BCUT2D eigenvalue weighted by Crippen LogP contribution is 2.31. The van der Waals surface area contributed by atoms with Crippen LogP contribution in [0.25, 0.3) is 34.4 Å². The molecule has 0 N–H and O–H groups in total. The average Bonchev–Trinajstić information content (AvgIpc) is 2.84. The second kappa shape index (κ2) is 9.96. The van der Waals surface area contributed by atoms with Crippen molar-refractivity contribution in [3.8, 4) is 28.0 Å². The van der Waals surface area contributed by atoms with Crippen LogP contribution in [-0.2, 0) is 0 Å². The molecule has 0 spiro atoms. The fourth-order valence-corrected chi connectivity index (χ4v) is 3.63. The molecular formula is C29H22F4O. The van der Waals surface area contributed by atoms with Gasteiger partial charge in [-0.1, -0.05) is 78.4 Å². The number of ether oxygens (including phenoxy) is 1. The first kappa shape index (κ1) is 23.3. The minimum absolute atomic E-state index is 0.108. The van der Waals surface area contributed by atoms with Crippen LogP contribution in [0.1, 0.15) is 23.6 Å². The van der Waals surface area contributed by atoms with Gasteiger partial charge >= 0.3 is 0 Å². The van der Waals surface area contributed by atoms with Crippen LogP contribution in [-0.4, -0.2) is 6.61 Å². The first-order chi connectivity index (χ1) is 16.4. The topological polar surface area (TPSA) is 9.23 Å². The van der Waals surface area contributed by atoms with E-state index in [0.717, 1.165) is 5.56 Å². The summed E-state index contributed by atoms with van der Waals surface area (Å²) in [7, 11) is 0. The Hall–Kier alpha value is -3.86. The van der Waals surface area contributed by atoms with Crippen molar-refractivity contribution in [3.63, 3.8) is 0 Å².